The average molecular weight is 1450 g/mol. The standard InChI is InChI=1S/C19H21FN6O4S.2C11H10FN3O3.C8H7FO3.C8H13N3O2S.C3H4ClN3/c1-24(2)16(27)8-26-18(28)13(25(3)19(26)31)6-11-5-12(20)17(14(7-11)29-4)30-9-15-21-10-22-23-15;2*1-17-9-3-7(4-16)2-8(12)11(9)18-5-10-13-6-14-15-10;1-12-7-3-5(4-10)2-6(9)8(7)11;1-9(2)6(12)5-11-7(13)4-10(3)8(11)14;4-1-3-5-2-6-7-3/h5-7,10H,8-9H2,1-4H3,(H,21,22,23);2*2-4,6H,5H2,1H3,(H,13,14,15);2-4,11H,1H3;4-5H2,1-3H3;2H,1H2,(H,5,6,7)/b13-6-;;;;;. The van der Waals surface area contributed by atoms with Crippen molar-refractivity contribution in [3.8, 4) is 46.0 Å². The molecule has 2 saturated heterocycles. The molecule has 10 rings (SSSR count). The molecule has 532 valence electrons. The summed E-state index contributed by atoms with van der Waals surface area (Å²) in [6.45, 7) is 0.131. The summed E-state index contributed by atoms with van der Waals surface area (Å²) in [5, 5.41) is 34.5. The molecule has 2 aliphatic rings. The molecule has 0 bridgehead atoms. The fourth-order valence-corrected chi connectivity index (χ4v) is 8.39. The van der Waals surface area contributed by atoms with Crippen LogP contribution in [0.5, 0.6) is 46.0 Å². The largest absolute Gasteiger partial charge is 0.502 e. The lowest BCUT2D eigenvalue weighted by molar-refractivity contribution is -0.134. The number of phenolic OH excluding ortho intramolecular Hbond substituents is 1. The molecular weight excluding hydrogens is 1390 g/mol. The second-order valence-corrected chi connectivity index (χ2v) is 21.2. The van der Waals surface area contributed by atoms with Crippen LogP contribution in [-0.2, 0) is 44.9 Å². The maximum atomic E-state index is 14.7. The number of nitrogens with zero attached hydrogens (tertiary/aromatic N) is 14. The highest BCUT2D eigenvalue weighted by molar-refractivity contribution is 7.80. The van der Waals surface area contributed by atoms with Gasteiger partial charge in [0.15, 0.2) is 97.0 Å². The number of benzene rings is 4. The van der Waals surface area contributed by atoms with E-state index < -0.39 is 34.9 Å². The van der Waals surface area contributed by atoms with Gasteiger partial charge in [-0.05, 0) is 84.6 Å². The van der Waals surface area contributed by atoms with E-state index in [0.29, 0.717) is 58.7 Å². The minimum atomic E-state index is -0.864. The average Bonchev–Trinajstić information content (AvgIpc) is 1.59. The summed E-state index contributed by atoms with van der Waals surface area (Å²) in [5.74, 6) is -1.83. The highest BCUT2D eigenvalue weighted by Gasteiger charge is 2.37. The molecule has 4 aromatic heterocycles. The first-order valence-corrected chi connectivity index (χ1v) is 29.7. The number of aromatic nitrogens is 12. The fraction of sp³-hybridized carbons (Fsp3) is 0.283. The quantitative estimate of drug-likeness (QED) is 0.0201. The monoisotopic (exact) mass is 1450 g/mol. The van der Waals surface area contributed by atoms with Crippen LogP contribution in [0.1, 0.15) is 59.9 Å². The van der Waals surface area contributed by atoms with Gasteiger partial charge in [-0.2, -0.15) is 20.4 Å². The van der Waals surface area contributed by atoms with Gasteiger partial charge in [0.25, 0.3) is 5.91 Å². The Morgan fingerprint density at radius 2 is 0.900 bits per heavy atom. The Morgan fingerprint density at radius 1 is 0.550 bits per heavy atom. The number of rotatable bonds is 22. The third-order valence-corrected chi connectivity index (χ3v) is 14.2. The van der Waals surface area contributed by atoms with Crippen molar-refractivity contribution in [2.24, 2.45) is 0 Å². The summed E-state index contributed by atoms with van der Waals surface area (Å²) in [6, 6.07) is 9.87. The van der Waals surface area contributed by atoms with Crippen molar-refractivity contribution in [3.63, 3.8) is 0 Å². The number of phenols is 1. The van der Waals surface area contributed by atoms with Crippen molar-refractivity contribution in [3.05, 3.63) is 148 Å². The van der Waals surface area contributed by atoms with E-state index in [1.54, 1.807) is 47.2 Å². The molecule has 2 aliphatic heterocycles. The summed E-state index contributed by atoms with van der Waals surface area (Å²) in [4.78, 5) is 103. The van der Waals surface area contributed by atoms with Crippen LogP contribution in [-0.4, -0.2) is 238 Å². The van der Waals surface area contributed by atoms with Crippen molar-refractivity contribution >= 4 is 94.8 Å². The topological polar surface area (TPSA) is 390 Å². The molecule has 4 aromatic carbocycles. The third kappa shape index (κ3) is 22.4. The normalized spacial score (nSPS) is 12.4. The molecule has 4 amide bonds. The number of hydrogen-bond acceptors (Lipinski definition) is 25. The van der Waals surface area contributed by atoms with Gasteiger partial charge in [-0.1, -0.05) is 0 Å². The van der Waals surface area contributed by atoms with Gasteiger partial charge in [0.05, 0.1) is 40.9 Å². The minimum Gasteiger partial charge on any atom is -0.502 e. The number of alkyl halides is 1. The van der Waals surface area contributed by atoms with Gasteiger partial charge >= 0.3 is 0 Å². The van der Waals surface area contributed by atoms with Crippen LogP contribution >= 0.6 is 36.0 Å². The van der Waals surface area contributed by atoms with E-state index in [1.165, 1.54) is 115 Å². The summed E-state index contributed by atoms with van der Waals surface area (Å²) in [6.07, 6.45) is 8.40. The molecule has 0 unspecified atom stereocenters. The molecule has 100 heavy (non-hydrogen) atoms. The number of methoxy groups -OCH3 is 4. The zero-order valence-electron chi connectivity index (χ0n) is 54.8. The first kappa shape index (κ1) is 79.0. The van der Waals surface area contributed by atoms with Crippen LogP contribution in [0.15, 0.2) is 79.5 Å². The molecule has 0 atom stereocenters. The molecule has 5 N–H and O–H groups in total. The Labute approximate surface area is 582 Å². The molecule has 0 saturated carbocycles. The van der Waals surface area contributed by atoms with E-state index in [1.807, 2.05) is 0 Å². The number of nitrogens with one attached hydrogen (secondary N) is 4. The highest BCUT2D eigenvalue weighted by Crippen LogP contribution is 2.36. The molecule has 33 nitrogen and oxygen atoms in total. The molecule has 40 heteroatoms. The van der Waals surface area contributed by atoms with Crippen LogP contribution < -0.4 is 33.2 Å². The molecular formula is C60H65ClF4N18O15S2. The predicted octanol–water partition coefficient (Wildman–Crippen LogP) is 4.74. The fourth-order valence-electron chi connectivity index (χ4n) is 7.78. The number of aromatic amines is 4. The van der Waals surface area contributed by atoms with Crippen LogP contribution in [0.2, 0.25) is 0 Å². The number of likely N-dealkylation sites (N-methyl/N-ethyl adjacent to an activating group) is 4. The van der Waals surface area contributed by atoms with Gasteiger partial charge in [0, 0.05) is 59.0 Å². The molecule has 2 fully saturated rings. The summed E-state index contributed by atoms with van der Waals surface area (Å²) in [7, 11) is 15.2. The lowest BCUT2D eigenvalue weighted by atomic mass is 10.1. The van der Waals surface area contributed by atoms with Crippen LogP contribution in [0.4, 0.5) is 17.6 Å². The van der Waals surface area contributed by atoms with Gasteiger partial charge in [0.1, 0.15) is 88.6 Å². The Bertz CT molecular complexity index is 4030. The van der Waals surface area contributed by atoms with Gasteiger partial charge in [-0.3, -0.25) is 63.8 Å². The van der Waals surface area contributed by atoms with Gasteiger partial charge < -0.3 is 57.9 Å². The minimum absolute atomic E-state index is 0.0215. The Kier molecular flexibility index (Phi) is 30.7. The molecule has 8 aromatic rings. The van der Waals surface area contributed by atoms with E-state index in [0.717, 1.165) is 18.2 Å². The number of H-pyrrole nitrogens is 4. The first-order chi connectivity index (χ1) is 47.8. The number of hydrogen-bond donors (Lipinski definition) is 5. The number of ether oxygens (including phenoxy) is 7. The first-order valence-electron chi connectivity index (χ1n) is 28.4. The smallest absolute Gasteiger partial charge is 0.277 e. The second-order valence-electron chi connectivity index (χ2n) is 20.2. The number of amides is 4. The van der Waals surface area contributed by atoms with Crippen LogP contribution in [0, 0.1) is 23.3 Å². The van der Waals surface area contributed by atoms with Crippen molar-refractivity contribution in [2.45, 2.75) is 25.7 Å². The van der Waals surface area contributed by atoms with E-state index >= 15 is 0 Å². The highest BCUT2D eigenvalue weighted by atomic mass is 35.5. The Hall–Kier alpha value is -11.7. The van der Waals surface area contributed by atoms with Crippen molar-refractivity contribution in [1.29, 1.82) is 0 Å². The summed E-state index contributed by atoms with van der Waals surface area (Å²) >= 11 is 15.6. The predicted molar refractivity (Wildman–Crippen MR) is 352 cm³/mol. The van der Waals surface area contributed by atoms with E-state index in [9.17, 15) is 51.1 Å². The molecule has 0 spiro atoms. The van der Waals surface area contributed by atoms with Crippen molar-refractivity contribution in [2.75, 3.05) is 90.4 Å². The number of thiocarbonyl (C=S) groups is 2. The zero-order chi connectivity index (χ0) is 73.8. The molecule has 0 aliphatic carbocycles. The van der Waals surface area contributed by atoms with Gasteiger partial charge in [0.2, 0.25) is 17.7 Å². The van der Waals surface area contributed by atoms with E-state index in [-0.39, 0.29) is 125 Å². The lowest BCUT2D eigenvalue weighted by Gasteiger charge is -2.18. The number of carbonyl (C=O) groups is 7. The maximum absolute atomic E-state index is 14.7. The number of aldehydes is 3. The van der Waals surface area contributed by atoms with Gasteiger partial charge in [-0.25, -0.2) is 37.5 Å². The Morgan fingerprint density at radius 3 is 1.22 bits per heavy atom. The lowest BCUT2D eigenvalue weighted by Crippen LogP contribution is -2.40. The SMILES string of the molecule is CN(C)C(=O)CN1C(=O)CN(C)C1=S.COc1cc(/C=C2/C(=O)N(CC(=O)N(C)C)C(=S)N2C)cc(F)c1OCc1ncn[nH]1.COc1cc(C=O)cc(F)c1O.COc1cc(C=O)cc(F)c1OCc1ncn[nH]1.COc1cc(C=O)cc(F)c1OCc1ncn[nH]1.ClCc1ncn[nH]1. The molecule has 6 heterocycles. The van der Waals surface area contributed by atoms with Crippen molar-refractivity contribution in [1.82, 2.24) is 90.1 Å². The number of aromatic hydroxyl groups is 1. The van der Waals surface area contributed by atoms with Gasteiger partial charge in [-0.15, -0.1) is 11.6 Å². The summed E-state index contributed by atoms with van der Waals surface area (Å²) < 4.78 is 90.7. The van der Waals surface area contributed by atoms with Crippen LogP contribution in [0.3, 0.4) is 0 Å². The number of halogens is 5. The number of carbonyl (C=O) groups excluding carboxylic acids is 7. The van der Waals surface area contributed by atoms with E-state index in [4.69, 9.17) is 69.6 Å². The van der Waals surface area contributed by atoms with Crippen LogP contribution in [0.25, 0.3) is 6.08 Å². The molecule has 0 radical (unpaired) electrons. The summed E-state index contributed by atoms with van der Waals surface area (Å²) in [5.41, 5.74) is 1.04. The maximum Gasteiger partial charge on any atom is 0.277 e. The Balaban J connectivity index is 0.000000228. The van der Waals surface area contributed by atoms with Crippen molar-refractivity contribution < 1.29 is 89.4 Å². The second kappa shape index (κ2) is 38.9. The zero-order valence-corrected chi connectivity index (χ0v) is 57.2. The third-order valence-electron chi connectivity index (χ3n) is 12.9. The van der Waals surface area contributed by atoms with E-state index in [2.05, 4.69) is 65.5 Å².